The second-order valence-corrected chi connectivity index (χ2v) is 18.9. The molecule has 0 fully saturated rings. The number of para-hydroxylation sites is 4. The van der Waals surface area contributed by atoms with Gasteiger partial charge in [0.25, 0.3) is 0 Å². The van der Waals surface area contributed by atoms with Gasteiger partial charge in [-0.3, -0.25) is 0 Å². The Balaban J connectivity index is 0.763. The van der Waals surface area contributed by atoms with Gasteiger partial charge in [0.05, 0.1) is 11.4 Å². The standard InChI is InChI=1S/C65H48N2/c1-65(2)59-39-47(43-21-25-45(26-22-43)49-29-31-53-37-51-13-9-11-19-61(51)66(63(53)41-49)55-15-5-3-6-16-55)33-35-57(59)58-36-34-48(40-60(58)65)44-23-27-46(28-24-44)50-30-32-54-38-52-14-10-12-20-62(52)67(64(54)42-50)56-17-7-4-8-18-56/h3-36,39-42H,37-38H2,1-2H3. The van der Waals surface area contributed by atoms with Crippen molar-refractivity contribution in [3.8, 4) is 55.6 Å². The van der Waals surface area contributed by atoms with Crippen LogP contribution in [0.4, 0.5) is 34.1 Å². The molecule has 2 heterocycles. The van der Waals surface area contributed by atoms with E-state index in [0.29, 0.717) is 0 Å². The van der Waals surface area contributed by atoms with E-state index < -0.39 is 0 Å². The third kappa shape index (κ3) is 6.55. The number of rotatable bonds is 6. The fourth-order valence-corrected chi connectivity index (χ4v) is 11.1. The molecule has 0 atom stereocenters. The summed E-state index contributed by atoms with van der Waals surface area (Å²) < 4.78 is 0. The monoisotopic (exact) mass is 856 g/mol. The quantitative estimate of drug-likeness (QED) is 0.164. The minimum Gasteiger partial charge on any atom is -0.310 e. The lowest BCUT2D eigenvalue weighted by molar-refractivity contribution is 0.661. The minimum atomic E-state index is -0.144. The SMILES string of the molecule is CC1(C)c2cc(-c3ccc(-c4ccc5c(c4)N(c4ccccc4)c4ccccc4C5)cc3)ccc2-c2ccc(-c3ccc(-c4ccc5c(c4)N(c4ccccc4)c4ccccc4C5)cc3)cc21. The summed E-state index contributed by atoms with van der Waals surface area (Å²) in [6, 6.07) is 85.5. The first kappa shape index (κ1) is 39.2. The Kier molecular flexibility index (Phi) is 9.05. The summed E-state index contributed by atoms with van der Waals surface area (Å²) >= 11 is 0. The van der Waals surface area contributed by atoms with E-state index >= 15 is 0 Å². The molecular formula is C65H48N2. The van der Waals surface area contributed by atoms with Crippen LogP contribution in [-0.2, 0) is 18.3 Å². The van der Waals surface area contributed by atoms with Crippen LogP contribution in [0.3, 0.4) is 0 Å². The molecule has 0 bridgehead atoms. The number of nitrogens with zero attached hydrogens (tertiary/aromatic N) is 2. The molecule has 0 saturated heterocycles. The van der Waals surface area contributed by atoms with Crippen molar-refractivity contribution in [1.82, 2.24) is 0 Å². The highest BCUT2D eigenvalue weighted by molar-refractivity contribution is 5.90. The zero-order valence-electron chi connectivity index (χ0n) is 37.7. The predicted molar refractivity (Wildman–Crippen MR) is 281 cm³/mol. The zero-order valence-corrected chi connectivity index (χ0v) is 37.7. The van der Waals surface area contributed by atoms with Crippen molar-refractivity contribution in [2.24, 2.45) is 0 Å². The summed E-state index contributed by atoms with van der Waals surface area (Å²) in [5.74, 6) is 0. The van der Waals surface area contributed by atoms with Gasteiger partial charge in [0.2, 0.25) is 0 Å². The molecule has 0 saturated carbocycles. The Bertz CT molecular complexity index is 3290. The molecule has 2 aliphatic heterocycles. The van der Waals surface area contributed by atoms with Crippen molar-refractivity contribution < 1.29 is 0 Å². The van der Waals surface area contributed by atoms with Crippen LogP contribution in [0, 0.1) is 0 Å². The maximum Gasteiger partial charge on any atom is 0.0503 e. The van der Waals surface area contributed by atoms with E-state index in [1.54, 1.807) is 0 Å². The number of anilines is 6. The van der Waals surface area contributed by atoms with Gasteiger partial charge in [0.1, 0.15) is 0 Å². The zero-order chi connectivity index (χ0) is 44.6. The lowest BCUT2D eigenvalue weighted by Gasteiger charge is -2.34. The molecular weight excluding hydrogens is 809 g/mol. The van der Waals surface area contributed by atoms with Crippen molar-refractivity contribution in [2.45, 2.75) is 32.1 Å². The van der Waals surface area contributed by atoms with Crippen molar-refractivity contribution in [3.63, 3.8) is 0 Å². The molecule has 3 aliphatic rings. The van der Waals surface area contributed by atoms with E-state index in [2.05, 4.69) is 254 Å². The maximum atomic E-state index is 2.43. The second kappa shape index (κ2) is 15.5. The molecule has 1 aliphatic carbocycles. The normalized spacial score (nSPS) is 13.8. The van der Waals surface area contributed by atoms with E-state index in [9.17, 15) is 0 Å². The van der Waals surface area contributed by atoms with E-state index in [1.165, 1.54) is 123 Å². The summed E-state index contributed by atoms with van der Waals surface area (Å²) in [5, 5.41) is 0. The van der Waals surface area contributed by atoms with E-state index in [1.807, 2.05) is 0 Å². The number of benzene rings is 10. The van der Waals surface area contributed by atoms with Crippen LogP contribution in [-0.4, -0.2) is 0 Å². The Morgan fingerprint density at radius 3 is 1.00 bits per heavy atom. The highest BCUT2D eigenvalue weighted by Gasteiger charge is 2.36. The van der Waals surface area contributed by atoms with Crippen LogP contribution >= 0.6 is 0 Å². The molecule has 0 aromatic heterocycles. The van der Waals surface area contributed by atoms with Gasteiger partial charge in [0, 0.05) is 41.0 Å². The topological polar surface area (TPSA) is 6.48 Å². The molecule has 13 rings (SSSR count). The van der Waals surface area contributed by atoms with E-state index in [4.69, 9.17) is 0 Å². The highest BCUT2D eigenvalue weighted by Crippen LogP contribution is 2.52. The van der Waals surface area contributed by atoms with E-state index in [0.717, 1.165) is 12.8 Å². The highest BCUT2D eigenvalue weighted by atomic mass is 15.2. The molecule has 0 unspecified atom stereocenters. The van der Waals surface area contributed by atoms with Crippen LogP contribution < -0.4 is 9.80 Å². The van der Waals surface area contributed by atoms with Crippen LogP contribution in [0.25, 0.3) is 55.6 Å². The number of fused-ring (bicyclic) bond motifs is 7. The predicted octanol–water partition coefficient (Wildman–Crippen LogP) is 17.4. The molecule has 0 spiro atoms. The van der Waals surface area contributed by atoms with Gasteiger partial charge in [-0.2, -0.15) is 0 Å². The molecule has 10 aromatic rings. The second-order valence-electron chi connectivity index (χ2n) is 18.9. The summed E-state index contributed by atoms with van der Waals surface area (Å²) in [4.78, 5) is 4.84. The molecule has 67 heavy (non-hydrogen) atoms. The van der Waals surface area contributed by atoms with Gasteiger partial charge in [-0.25, -0.2) is 0 Å². The molecule has 318 valence electrons. The first-order valence-corrected chi connectivity index (χ1v) is 23.6. The van der Waals surface area contributed by atoms with Crippen LogP contribution in [0.1, 0.15) is 47.2 Å². The van der Waals surface area contributed by atoms with Crippen molar-refractivity contribution in [2.75, 3.05) is 9.80 Å². The third-order valence-electron chi connectivity index (χ3n) is 14.7. The van der Waals surface area contributed by atoms with Gasteiger partial charge in [-0.15, -0.1) is 0 Å². The first-order chi connectivity index (χ1) is 32.9. The molecule has 10 aromatic carbocycles. The van der Waals surface area contributed by atoms with Gasteiger partial charge in [-0.1, -0.05) is 184 Å². The van der Waals surface area contributed by atoms with Gasteiger partial charge < -0.3 is 9.80 Å². The molecule has 0 N–H and O–H groups in total. The minimum absolute atomic E-state index is 0.144. The summed E-state index contributed by atoms with van der Waals surface area (Å²) in [6.45, 7) is 4.77. The molecule has 2 nitrogen and oxygen atoms in total. The first-order valence-electron chi connectivity index (χ1n) is 23.6. The smallest absolute Gasteiger partial charge is 0.0503 e. The Morgan fingerprint density at radius 2 is 0.597 bits per heavy atom. The fourth-order valence-electron chi connectivity index (χ4n) is 11.1. The largest absolute Gasteiger partial charge is 0.310 e. The van der Waals surface area contributed by atoms with Crippen molar-refractivity contribution in [3.05, 3.63) is 264 Å². The van der Waals surface area contributed by atoms with E-state index in [-0.39, 0.29) is 5.41 Å². The summed E-state index contributed by atoms with van der Waals surface area (Å²) in [7, 11) is 0. The Labute approximate surface area is 393 Å². The third-order valence-corrected chi connectivity index (χ3v) is 14.7. The van der Waals surface area contributed by atoms with Gasteiger partial charge in [0.15, 0.2) is 0 Å². The summed E-state index contributed by atoms with van der Waals surface area (Å²) in [6.07, 6.45) is 1.87. The van der Waals surface area contributed by atoms with Crippen LogP contribution in [0.2, 0.25) is 0 Å². The number of hydrogen-bond acceptors (Lipinski definition) is 2. The maximum absolute atomic E-state index is 2.43. The van der Waals surface area contributed by atoms with Crippen molar-refractivity contribution in [1.29, 1.82) is 0 Å². The van der Waals surface area contributed by atoms with Gasteiger partial charge in [-0.05, 0) is 150 Å². The van der Waals surface area contributed by atoms with Crippen LogP contribution in [0.5, 0.6) is 0 Å². The Hall–Kier alpha value is -8.20. The summed E-state index contributed by atoms with van der Waals surface area (Å²) in [5.41, 5.74) is 27.9. The lowest BCUT2D eigenvalue weighted by Crippen LogP contribution is -2.18. The van der Waals surface area contributed by atoms with Crippen LogP contribution in [0.15, 0.2) is 231 Å². The molecule has 0 amide bonds. The molecule has 2 heteroatoms. The number of hydrogen-bond donors (Lipinski definition) is 0. The Morgan fingerprint density at radius 1 is 0.284 bits per heavy atom. The van der Waals surface area contributed by atoms with Gasteiger partial charge >= 0.3 is 0 Å². The van der Waals surface area contributed by atoms with Crippen molar-refractivity contribution >= 4 is 34.1 Å². The fraction of sp³-hybridized carbons (Fsp3) is 0.0769. The average molecular weight is 857 g/mol. The molecule has 0 radical (unpaired) electrons. The lowest BCUT2D eigenvalue weighted by atomic mass is 9.80. The average Bonchev–Trinajstić information content (AvgIpc) is 3.61.